The number of nitrogens with one attached hydrogen (secondary N) is 1. The van der Waals surface area contributed by atoms with Gasteiger partial charge in [-0.3, -0.25) is 4.57 Å². The van der Waals surface area contributed by atoms with Gasteiger partial charge in [0, 0.05) is 22.2 Å². The summed E-state index contributed by atoms with van der Waals surface area (Å²) in [6.07, 6.45) is 0. The van der Waals surface area contributed by atoms with E-state index in [9.17, 15) is 9.36 Å². The Morgan fingerprint density at radius 2 is 1.41 bits per heavy atom. The lowest BCUT2D eigenvalue weighted by atomic mass is 9.94. The highest BCUT2D eigenvalue weighted by Gasteiger charge is 2.50. The van der Waals surface area contributed by atoms with Crippen molar-refractivity contribution in [2.75, 3.05) is 6.79 Å². The minimum atomic E-state index is -3.37. The van der Waals surface area contributed by atoms with Crippen LogP contribution < -0.4 is 29.9 Å². The summed E-state index contributed by atoms with van der Waals surface area (Å²) in [5, 5.41) is 4.39. The fourth-order valence-corrected chi connectivity index (χ4v) is 6.27. The van der Waals surface area contributed by atoms with E-state index in [4.69, 9.17) is 14.2 Å². The van der Waals surface area contributed by atoms with Crippen molar-refractivity contribution in [3.05, 3.63) is 78.4 Å². The summed E-state index contributed by atoms with van der Waals surface area (Å²) >= 11 is 0. The van der Waals surface area contributed by atoms with Crippen molar-refractivity contribution in [3.63, 3.8) is 0 Å². The van der Waals surface area contributed by atoms with Gasteiger partial charge < -0.3 is 14.2 Å². The number of rotatable bonds is 4. The van der Waals surface area contributed by atoms with Crippen molar-refractivity contribution in [3.8, 4) is 17.2 Å². The Hall–Kier alpha value is -3.08. The lowest BCUT2D eigenvalue weighted by Gasteiger charge is -2.30. The maximum Gasteiger partial charge on any atom is 0.336 e. The van der Waals surface area contributed by atoms with Crippen LogP contribution in [-0.2, 0) is 14.9 Å². The first-order chi connectivity index (χ1) is 14.0. The molecule has 0 aromatic heterocycles. The molecule has 146 valence electrons. The molecule has 0 fully saturated rings. The fraction of sp³-hybridized carbons (Fsp3) is 0.136. The number of carbonyl (C=O) groups is 1. The molecule has 2 heterocycles. The number of ether oxygens (including phenoxy) is 3. The Morgan fingerprint density at radius 1 is 0.862 bits per heavy atom. The topological polar surface area (TPSA) is 73.9 Å². The van der Waals surface area contributed by atoms with E-state index in [-0.39, 0.29) is 6.79 Å². The first-order valence-electron chi connectivity index (χ1n) is 9.18. The molecule has 0 radical (unpaired) electrons. The van der Waals surface area contributed by atoms with E-state index in [0.29, 0.717) is 33.4 Å². The lowest BCUT2D eigenvalue weighted by Crippen LogP contribution is -2.46. The molecule has 0 spiro atoms. The van der Waals surface area contributed by atoms with Crippen molar-refractivity contribution in [1.82, 2.24) is 5.09 Å². The van der Waals surface area contributed by atoms with Gasteiger partial charge in [0.25, 0.3) is 0 Å². The van der Waals surface area contributed by atoms with E-state index in [1.807, 2.05) is 36.4 Å². The molecule has 0 amide bonds. The van der Waals surface area contributed by atoms with Gasteiger partial charge in [-0.2, -0.15) is 0 Å². The third-order valence-electron chi connectivity index (χ3n) is 5.25. The summed E-state index contributed by atoms with van der Waals surface area (Å²) in [6.45, 7) is 1.80. The van der Waals surface area contributed by atoms with Crippen molar-refractivity contribution in [2.24, 2.45) is 0 Å². The lowest BCUT2D eigenvalue weighted by molar-refractivity contribution is -0.138. The second-order valence-corrected chi connectivity index (χ2v) is 9.58. The van der Waals surface area contributed by atoms with E-state index in [0.717, 1.165) is 0 Å². The highest BCUT2D eigenvalue weighted by atomic mass is 31.2. The van der Waals surface area contributed by atoms with Gasteiger partial charge >= 0.3 is 5.97 Å². The number of hydrogen-bond donors (Lipinski definition) is 1. The van der Waals surface area contributed by atoms with Crippen LogP contribution >= 0.6 is 7.29 Å². The molecule has 6 nitrogen and oxygen atoms in total. The van der Waals surface area contributed by atoms with E-state index in [1.165, 1.54) is 0 Å². The second-order valence-electron chi connectivity index (χ2n) is 7.11. The van der Waals surface area contributed by atoms with Crippen LogP contribution in [-0.4, -0.2) is 12.8 Å². The maximum absolute atomic E-state index is 14.4. The number of fused-ring (bicyclic) bond motifs is 2. The molecule has 0 saturated carbocycles. The fourth-order valence-electron chi connectivity index (χ4n) is 3.69. The molecule has 1 atom stereocenters. The molecule has 1 N–H and O–H groups in total. The molecule has 0 bridgehead atoms. The molecule has 0 unspecified atom stereocenters. The van der Waals surface area contributed by atoms with Crippen molar-refractivity contribution in [1.29, 1.82) is 0 Å². The monoisotopic (exact) mass is 407 g/mol. The van der Waals surface area contributed by atoms with Crippen molar-refractivity contribution in [2.45, 2.75) is 12.5 Å². The zero-order valence-corrected chi connectivity index (χ0v) is 16.5. The normalized spacial score (nSPS) is 19.7. The Labute approximate surface area is 167 Å². The summed E-state index contributed by atoms with van der Waals surface area (Å²) in [5.41, 5.74) is -0.754. The van der Waals surface area contributed by atoms with Crippen LogP contribution in [0.5, 0.6) is 17.2 Å². The predicted octanol–water partition coefficient (Wildman–Crippen LogP) is 3.07. The Morgan fingerprint density at radius 3 is 2.00 bits per heavy atom. The molecule has 3 aromatic carbocycles. The van der Waals surface area contributed by atoms with Gasteiger partial charge in [-0.25, -0.2) is 9.88 Å². The van der Waals surface area contributed by atoms with Gasteiger partial charge in [0.2, 0.25) is 14.1 Å². The molecular weight excluding hydrogens is 389 g/mol. The zero-order valence-electron chi connectivity index (χ0n) is 15.6. The molecule has 5 rings (SSSR count). The molecule has 2 aliphatic rings. The van der Waals surface area contributed by atoms with Crippen LogP contribution in [0, 0.1) is 0 Å². The molecule has 2 aliphatic heterocycles. The molecule has 3 aromatic rings. The van der Waals surface area contributed by atoms with Gasteiger partial charge in [-0.15, -0.1) is 0 Å². The first-order valence-corrected chi connectivity index (χ1v) is 10.9. The average Bonchev–Trinajstić information content (AvgIpc) is 3.30. The van der Waals surface area contributed by atoms with E-state index in [1.54, 1.807) is 43.3 Å². The van der Waals surface area contributed by atoms with Crippen LogP contribution in [0.15, 0.2) is 72.8 Å². The summed E-state index contributed by atoms with van der Waals surface area (Å²) in [4.78, 5) is 12.9. The maximum atomic E-state index is 14.4. The van der Waals surface area contributed by atoms with Gasteiger partial charge in [0.1, 0.15) is 11.3 Å². The first kappa shape index (κ1) is 18.0. The Kier molecular flexibility index (Phi) is 4.02. The Balaban J connectivity index is 1.65. The third kappa shape index (κ3) is 2.76. The van der Waals surface area contributed by atoms with E-state index in [2.05, 4.69) is 5.09 Å². The summed E-state index contributed by atoms with van der Waals surface area (Å²) in [7, 11) is -3.37. The number of carbonyl (C=O) groups excluding carboxylic acids is 1. The predicted molar refractivity (Wildman–Crippen MR) is 108 cm³/mol. The summed E-state index contributed by atoms with van der Waals surface area (Å²) in [5.74, 6) is 0.907. The molecule has 0 saturated heterocycles. The van der Waals surface area contributed by atoms with Crippen molar-refractivity contribution >= 4 is 23.9 Å². The second kappa shape index (κ2) is 6.48. The third-order valence-corrected chi connectivity index (χ3v) is 8.06. The van der Waals surface area contributed by atoms with Gasteiger partial charge in [0.15, 0.2) is 11.5 Å². The Bertz CT molecular complexity index is 1110. The van der Waals surface area contributed by atoms with Crippen LogP contribution in [0.4, 0.5) is 0 Å². The average molecular weight is 407 g/mol. The van der Waals surface area contributed by atoms with Crippen LogP contribution in [0.2, 0.25) is 0 Å². The smallest absolute Gasteiger partial charge is 0.336 e. The standard InChI is InChI=1S/C22H18NO5P/c1-22(17-12-19-20(27-14-26-19)13-18(17)28-21(22)24)23-29(25,15-8-4-2-5-9-15)16-10-6-3-7-11-16/h2-13H,14H2,1H3,(H,23,25)/t22-/m0/s1. The quantitative estimate of drug-likeness (QED) is 0.407. The van der Waals surface area contributed by atoms with E-state index < -0.39 is 18.8 Å². The largest absolute Gasteiger partial charge is 0.454 e. The van der Waals surface area contributed by atoms with Gasteiger partial charge in [0.05, 0.1) is 0 Å². The highest BCUT2D eigenvalue weighted by Crippen LogP contribution is 2.51. The minimum absolute atomic E-state index is 0.114. The molecule has 7 heteroatoms. The summed E-state index contributed by atoms with van der Waals surface area (Å²) in [6, 6.07) is 21.6. The van der Waals surface area contributed by atoms with Crippen LogP contribution in [0.25, 0.3) is 0 Å². The van der Waals surface area contributed by atoms with Crippen molar-refractivity contribution < 1.29 is 23.6 Å². The van der Waals surface area contributed by atoms with Gasteiger partial charge in [-0.05, 0) is 37.3 Å². The van der Waals surface area contributed by atoms with E-state index >= 15 is 0 Å². The number of benzene rings is 3. The molecule has 0 aliphatic carbocycles. The molecular formula is C22H18NO5P. The van der Waals surface area contributed by atoms with Crippen LogP contribution in [0.3, 0.4) is 0 Å². The van der Waals surface area contributed by atoms with Gasteiger partial charge in [-0.1, -0.05) is 36.4 Å². The summed E-state index contributed by atoms with van der Waals surface area (Å²) < 4.78 is 30.7. The highest BCUT2D eigenvalue weighted by molar-refractivity contribution is 7.77. The molecule has 29 heavy (non-hydrogen) atoms. The number of hydrogen-bond acceptors (Lipinski definition) is 5. The SMILES string of the molecule is C[C@@]1(NP(=O)(c2ccccc2)c2ccccc2)C(=O)Oc2cc3c(cc21)OCO3. The number of esters is 1. The van der Waals surface area contributed by atoms with Crippen LogP contribution in [0.1, 0.15) is 12.5 Å². The zero-order chi connectivity index (χ0) is 20.1. The minimum Gasteiger partial charge on any atom is -0.454 e.